The van der Waals surface area contributed by atoms with Crippen LogP contribution in [0.2, 0.25) is 10.2 Å². The van der Waals surface area contributed by atoms with E-state index in [9.17, 15) is 14.0 Å². The van der Waals surface area contributed by atoms with E-state index in [0.717, 1.165) is 10.6 Å². The highest BCUT2D eigenvalue weighted by Crippen LogP contribution is 2.25. The molecule has 6 N–H and O–H groups in total. The van der Waals surface area contributed by atoms with E-state index >= 15 is 0 Å². The first-order valence-corrected chi connectivity index (χ1v) is 9.73. The summed E-state index contributed by atoms with van der Waals surface area (Å²) in [6.45, 7) is 1.53. The molecule has 4 rings (SSSR count). The first kappa shape index (κ1) is 21.5. The Balaban J connectivity index is 1.85. The molecule has 0 saturated carbocycles. The monoisotopic (exact) mass is 477 g/mol. The minimum Gasteiger partial charge on any atom is -0.382 e. The number of nitrogen functional groups attached to an aromatic ring is 2. The summed E-state index contributed by atoms with van der Waals surface area (Å²) in [7, 11) is 0. The van der Waals surface area contributed by atoms with Crippen molar-refractivity contribution >= 4 is 51.6 Å². The van der Waals surface area contributed by atoms with Crippen LogP contribution in [0.4, 0.5) is 16.0 Å². The van der Waals surface area contributed by atoms with Crippen LogP contribution in [0.3, 0.4) is 0 Å². The summed E-state index contributed by atoms with van der Waals surface area (Å²) in [5.74, 6) is -1.88. The number of nitrogens with one attached hydrogen (secondary N) is 2. The van der Waals surface area contributed by atoms with Crippen LogP contribution < -0.4 is 22.3 Å². The first-order valence-electron chi connectivity index (χ1n) is 8.98. The molecule has 0 fully saturated rings. The van der Waals surface area contributed by atoms with E-state index < -0.39 is 23.3 Å². The first-order chi connectivity index (χ1) is 15.2. The Bertz CT molecular complexity index is 1420. The van der Waals surface area contributed by atoms with Gasteiger partial charge in [0.05, 0.1) is 28.3 Å². The molecule has 0 aliphatic rings. The van der Waals surface area contributed by atoms with Crippen LogP contribution in [-0.4, -0.2) is 35.6 Å². The van der Waals surface area contributed by atoms with Gasteiger partial charge in [-0.1, -0.05) is 23.2 Å². The van der Waals surface area contributed by atoms with Gasteiger partial charge in [-0.2, -0.15) is 5.10 Å². The van der Waals surface area contributed by atoms with Crippen molar-refractivity contribution < 1.29 is 9.18 Å². The molecular weight excluding hydrogens is 464 g/mol. The lowest BCUT2D eigenvalue weighted by Gasteiger charge is -2.19. The zero-order valence-corrected chi connectivity index (χ0v) is 17.7. The van der Waals surface area contributed by atoms with E-state index in [0.29, 0.717) is 5.69 Å². The van der Waals surface area contributed by atoms with Crippen molar-refractivity contribution in [3.05, 3.63) is 62.4 Å². The molecule has 11 nitrogen and oxygen atoms in total. The van der Waals surface area contributed by atoms with Gasteiger partial charge in [0.25, 0.3) is 11.5 Å². The van der Waals surface area contributed by atoms with E-state index in [-0.39, 0.29) is 44.2 Å². The van der Waals surface area contributed by atoms with Gasteiger partial charge < -0.3 is 16.8 Å². The molecule has 0 radical (unpaired) electrons. The number of halogens is 3. The Morgan fingerprint density at radius 3 is 2.66 bits per heavy atom. The van der Waals surface area contributed by atoms with E-state index in [1.807, 2.05) is 0 Å². The van der Waals surface area contributed by atoms with Crippen LogP contribution in [0, 0.1) is 5.82 Å². The molecule has 164 valence electrons. The van der Waals surface area contributed by atoms with Gasteiger partial charge in [-0.05, 0) is 19.1 Å². The maximum Gasteiger partial charge on any atom is 0.274 e. The smallest absolute Gasteiger partial charge is 0.274 e. The van der Waals surface area contributed by atoms with Crippen molar-refractivity contribution in [2.75, 3.05) is 11.5 Å². The van der Waals surface area contributed by atoms with Gasteiger partial charge in [0.1, 0.15) is 17.2 Å². The van der Waals surface area contributed by atoms with Gasteiger partial charge in [0.15, 0.2) is 22.5 Å². The number of anilines is 2. The Labute approximate surface area is 188 Å². The second-order valence-electron chi connectivity index (χ2n) is 6.65. The largest absolute Gasteiger partial charge is 0.382 e. The average molecular weight is 478 g/mol. The summed E-state index contributed by atoms with van der Waals surface area (Å²) >= 11 is 12.0. The molecule has 3 aromatic heterocycles. The Hall–Kier alpha value is -3.77. The molecule has 32 heavy (non-hydrogen) atoms. The molecule has 0 unspecified atom stereocenters. The molecule has 0 bridgehead atoms. The number of aromatic nitrogens is 6. The number of carbonyl (C=O) groups excluding carboxylic acids is 1. The highest BCUT2D eigenvalue weighted by atomic mass is 35.5. The maximum atomic E-state index is 14.5. The van der Waals surface area contributed by atoms with Crippen molar-refractivity contribution in [2.45, 2.75) is 13.0 Å². The molecule has 1 amide bonds. The maximum absolute atomic E-state index is 14.5. The number of fused-ring (bicyclic) bond motifs is 1. The second-order valence-corrected chi connectivity index (χ2v) is 7.41. The van der Waals surface area contributed by atoms with Crippen LogP contribution in [-0.2, 0) is 0 Å². The second kappa shape index (κ2) is 8.05. The van der Waals surface area contributed by atoms with E-state index in [4.69, 9.17) is 34.7 Å². The summed E-state index contributed by atoms with van der Waals surface area (Å²) in [4.78, 5) is 37.9. The van der Waals surface area contributed by atoms with Crippen LogP contribution in [0.25, 0.3) is 16.6 Å². The minimum absolute atomic E-state index is 0.00601. The molecular formula is C18H14Cl2FN9O2. The standard InChI is InChI=1S/C18H14Cl2FN9O2/c1-6(26-17(31)12-14(22)29-15(23)13(20)27-12)16-28-11-9(21)3-2-8(19)10(11)18(32)30(16)7-4-24-25-5-7/h2-6H,1H3,(H,24,25)(H,26,31)(H4,22,23,29)/t6-/m0/s1. The van der Waals surface area contributed by atoms with E-state index in [1.165, 1.54) is 25.4 Å². The molecule has 3 heterocycles. The topological polar surface area (TPSA) is 170 Å². The van der Waals surface area contributed by atoms with Crippen molar-refractivity contribution in [2.24, 2.45) is 0 Å². The third-order valence-corrected chi connectivity index (χ3v) is 5.14. The SMILES string of the molecule is C[C@H](NC(=O)c1nc(Cl)c(N)nc1N)c1nc2c(F)ccc(Cl)c2c(=O)n1-c1cn[nH]c1. The molecule has 0 aliphatic carbocycles. The number of nitrogens with zero attached hydrogens (tertiary/aromatic N) is 5. The predicted octanol–water partition coefficient (Wildman–Crippen LogP) is 2.00. The fourth-order valence-corrected chi connectivity index (χ4v) is 3.44. The van der Waals surface area contributed by atoms with Crippen LogP contribution in [0.1, 0.15) is 29.3 Å². The van der Waals surface area contributed by atoms with Gasteiger partial charge in [0.2, 0.25) is 0 Å². The normalized spacial score (nSPS) is 12.1. The highest BCUT2D eigenvalue weighted by Gasteiger charge is 2.24. The number of amides is 1. The predicted molar refractivity (Wildman–Crippen MR) is 116 cm³/mol. The summed E-state index contributed by atoms with van der Waals surface area (Å²) in [6.07, 6.45) is 2.80. The average Bonchev–Trinajstić information content (AvgIpc) is 3.27. The van der Waals surface area contributed by atoms with Crippen LogP contribution in [0.5, 0.6) is 0 Å². The minimum atomic E-state index is -0.926. The number of hydrogen-bond acceptors (Lipinski definition) is 8. The van der Waals surface area contributed by atoms with Crippen LogP contribution in [0.15, 0.2) is 29.3 Å². The fraction of sp³-hybridized carbons (Fsp3) is 0.111. The number of rotatable bonds is 4. The molecule has 0 spiro atoms. The lowest BCUT2D eigenvalue weighted by Crippen LogP contribution is -2.34. The number of carbonyl (C=O) groups is 1. The molecule has 1 aromatic carbocycles. The highest BCUT2D eigenvalue weighted by molar-refractivity contribution is 6.35. The summed E-state index contributed by atoms with van der Waals surface area (Å²) in [5.41, 5.74) is 10.4. The lowest BCUT2D eigenvalue weighted by molar-refractivity contribution is 0.0933. The van der Waals surface area contributed by atoms with Crippen molar-refractivity contribution in [1.29, 1.82) is 0 Å². The quantitative estimate of drug-likeness (QED) is 0.345. The summed E-state index contributed by atoms with van der Waals surface area (Å²) in [6, 6.07) is 1.43. The molecule has 0 saturated heterocycles. The Morgan fingerprint density at radius 2 is 1.97 bits per heavy atom. The molecule has 1 atom stereocenters. The summed E-state index contributed by atoms with van der Waals surface area (Å²) < 4.78 is 15.6. The number of H-pyrrole nitrogens is 1. The van der Waals surface area contributed by atoms with Gasteiger partial charge in [-0.25, -0.2) is 19.3 Å². The number of aromatic amines is 1. The number of nitrogens with two attached hydrogens (primary N) is 2. The number of benzene rings is 1. The third-order valence-electron chi connectivity index (χ3n) is 4.55. The third kappa shape index (κ3) is 3.59. The van der Waals surface area contributed by atoms with Crippen LogP contribution >= 0.6 is 23.2 Å². The van der Waals surface area contributed by atoms with Crippen molar-refractivity contribution in [3.8, 4) is 5.69 Å². The van der Waals surface area contributed by atoms with E-state index in [2.05, 4.69) is 30.5 Å². The van der Waals surface area contributed by atoms with E-state index in [1.54, 1.807) is 0 Å². The van der Waals surface area contributed by atoms with Crippen molar-refractivity contribution in [1.82, 2.24) is 35.0 Å². The van der Waals surface area contributed by atoms with Gasteiger partial charge in [-0.15, -0.1) is 0 Å². The molecule has 14 heteroatoms. The van der Waals surface area contributed by atoms with Gasteiger partial charge in [0, 0.05) is 6.20 Å². The van der Waals surface area contributed by atoms with Gasteiger partial charge in [-0.3, -0.25) is 19.3 Å². The fourth-order valence-electron chi connectivity index (χ4n) is 3.08. The zero-order valence-electron chi connectivity index (χ0n) is 16.2. The number of hydrogen-bond donors (Lipinski definition) is 4. The Morgan fingerprint density at radius 1 is 1.22 bits per heavy atom. The lowest BCUT2D eigenvalue weighted by atomic mass is 10.2. The molecule has 4 aromatic rings. The van der Waals surface area contributed by atoms with Crippen molar-refractivity contribution in [3.63, 3.8) is 0 Å². The van der Waals surface area contributed by atoms with Gasteiger partial charge >= 0.3 is 0 Å². The zero-order chi connectivity index (χ0) is 23.2. The Kier molecular flexibility index (Phi) is 5.40. The summed E-state index contributed by atoms with van der Waals surface area (Å²) in [5, 5.41) is 8.73. The molecule has 0 aliphatic heterocycles.